The Morgan fingerprint density at radius 1 is 1.33 bits per heavy atom. The monoisotopic (exact) mass is 208 g/mol. The Morgan fingerprint density at radius 3 is 2.53 bits per heavy atom. The molecule has 0 radical (unpaired) electrons. The Hall–Kier alpha value is -1.55. The molecule has 1 rings (SSSR count). The summed E-state index contributed by atoms with van der Waals surface area (Å²) >= 11 is 0. The maximum Gasteiger partial charge on any atom is 0.142 e. The smallest absolute Gasteiger partial charge is 0.142 e. The zero-order chi connectivity index (χ0) is 11.1. The molecule has 0 spiro atoms. The Balaban J connectivity index is 2.44. The third kappa shape index (κ3) is 3.99. The lowest BCUT2D eigenvalue weighted by molar-refractivity contribution is 0.130. The standard InChI is InChI=1S/C11H16N2O2/c1-9(7-12)13-15-8-10-3-5-11(14-2)6-4-10/h3-6H,7-8,12H2,1-2H3. The zero-order valence-corrected chi connectivity index (χ0v) is 9.06. The van der Waals surface area contributed by atoms with Gasteiger partial charge in [0.2, 0.25) is 0 Å². The summed E-state index contributed by atoms with van der Waals surface area (Å²) in [5.74, 6) is 0.834. The number of nitrogens with zero attached hydrogens (tertiary/aromatic N) is 1. The first-order chi connectivity index (χ1) is 7.26. The normalized spacial score (nSPS) is 11.3. The topological polar surface area (TPSA) is 56.8 Å². The van der Waals surface area contributed by atoms with E-state index in [1.165, 1.54) is 0 Å². The molecule has 0 amide bonds. The summed E-state index contributed by atoms with van der Waals surface area (Å²) in [6, 6.07) is 7.65. The molecule has 0 aliphatic carbocycles. The summed E-state index contributed by atoms with van der Waals surface area (Å²) in [4.78, 5) is 5.11. The minimum absolute atomic E-state index is 0.419. The Kier molecular flexibility index (Phi) is 4.63. The maximum absolute atomic E-state index is 5.36. The molecule has 0 bridgehead atoms. The molecule has 4 heteroatoms. The van der Waals surface area contributed by atoms with E-state index in [1.54, 1.807) is 7.11 Å². The van der Waals surface area contributed by atoms with E-state index in [2.05, 4.69) is 5.16 Å². The molecule has 0 aliphatic rings. The van der Waals surface area contributed by atoms with Crippen molar-refractivity contribution in [3.63, 3.8) is 0 Å². The molecule has 4 nitrogen and oxygen atoms in total. The van der Waals surface area contributed by atoms with Gasteiger partial charge in [0.05, 0.1) is 12.8 Å². The third-order valence-corrected chi connectivity index (χ3v) is 1.91. The highest BCUT2D eigenvalue weighted by molar-refractivity contribution is 5.83. The number of ether oxygens (including phenoxy) is 1. The Labute approximate surface area is 89.7 Å². The molecule has 0 atom stereocenters. The van der Waals surface area contributed by atoms with E-state index in [4.69, 9.17) is 15.3 Å². The second-order valence-electron chi connectivity index (χ2n) is 3.15. The molecule has 0 fully saturated rings. The summed E-state index contributed by atoms with van der Waals surface area (Å²) in [5, 5.41) is 3.84. The van der Waals surface area contributed by atoms with Crippen LogP contribution in [0.4, 0.5) is 0 Å². The molecule has 0 heterocycles. The van der Waals surface area contributed by atoms with Gasteiger partial charge < -0.3 is 15.3 Å². The van der Waals surface area contributed by atoms with Gasteiger partial charge in [-0.2, -0.15) is 0 Å². The summed E-state index contributed by atoms with van der Waals surface area (Å²) < 4.78 is 5.04. The second kappa shape index (κ2) is 6.03. The summed E-state index contributed by atoms with van der Waals surface area (Å²) in [5.41, 5.74) is 7.19. The van der Waals surface area contributed by atoms with Crippen LogP contribution in [0.25, 0.3) is 0 Å². The average molecular weight is 208 g/mol. The zero-order valence-electron chi connectivity index (χ0n) is 9.06. The fourth-order valence-electron chi connectivity index (χ4n) is 0.976. The van der Waals surface area contributed by atoms with Crippen LogP contribution in [-0.4, -0.2) is 19.4 Å². The molecule has 1 aromatic carbocycles. The van der Waals surface area contributed by atoms with Crippen molar-refractivity contribution >= 4 is 5.71 Å². The quantitative estimate of drug-likeness (QED) is 0.590. The molecule has 0 aromatic heterocycles. The fourth-order valence-corrected chi connectivity index (χ4v) is 0.976. The molecule has 0 unspecified atom stereocenters. The van der Waals surface area contributed by atoms with Crippen LogP contribution in [0.5, 0.6) is 5.75 Å². The molecular formula is C11H16N2O2. The predicted molar refractivity (Wildman–Crippen MR) is 59.9 cm³/mol. The molecule has 2 N–H and O–H groups in total. The van der Waals surface area contributed by atoms with Gasteiger partial charge in [-0.25, -0.2) is 0 Å². The molecule has 0 saturated heterocycles. The van der Waals surface area contributed by atoms with Crippen molar-refractivity contribution in [2.45, 2.75) is 13.5 Å². The number of rotatable bonds is 5. The first-order valence-electron chi connectivity index (χ1n) is 4.74. The van der Waals surface area contributed by atoms with E-state index in [-0.39, 0.29) is 0 Å². The van der Waals surface area contributed by atoms with Crippen molar-refractivity contribution in [1.29, 1.82) is 0 Å². The van der Waals surface area contributed by atoms with Gasteiger partial charge in [-0.3, -0.25) is 0 Å². The van der Waals surface area contributed by atoms with E-state index in [0.29, 0.717) is 13.2 Å². The highest BCUT2D eigenvalue weighted by atomic mass is 16.6. The van der Waals surface area contributed by atoms with E-state index < -0.39 is 0 Å². The van der Waals surface area contributed by atoms with Gasteiger partial charge in [-0.05, 0) is 24.6 Å². The minimum Gasteiger partial charge on any atom is -0.497 e. The third-order valence-electron chi connectivity index (χ3n) is 1.91. The summed E-state index contributed by atoms with van der Waals surface area (Å²) in [6.45, 7) is 2.69. The van der Waals surface area contributed by atoms with Crippen LogP contribution in [0.15, 0.2) is 29.4 Å². The first kappa shape index (κ1) is 11.5. The maximum atomic E-state index is 5.36. The molecule has 0 aliphatic heterocycles. The summed E-state index contributed by atoms with van der Waals surface area (Å²) in [6.07, 6.45) is 0. The Bertz CT molecular complexity index is 320. The summed E-state index contributed by atoms with van der Waals surface area (Å²) in [7, 11) is 1.64. The van der Waals surface area contributed by atoms with Gasteiger partial charge in [-0.15, -0.1) is 0 Å². The SMILES string of the molecule is COc1ccc(CON=C(C)CN)cc1. The molecule has 1 aromatic rings. The van der Waals surface area contributed by atoms with Crippen molar-refractivity contribution in [3.05, 3.63) is 29.8 Å². The lowest BCUT2D eigenvalue weighted by Crippen LogP contribution is -2.09. The largest absolute Gasteiger partial charge is 0.497 e. The number of nitrogens with two attached hydrogens (primary N) is 1. The van der Waals surface area contributed by atoms with Crippen molar-refractivity contribution in [2.24, 2.45) is 10.9 Å². The van der Waals surface area contributed by atoms with Gasteiger partial charge in [-0.1, -0.05) is 17.3 Å². The van der Waals surface area contributed by atoms with Gasteiger partial charge in [0.15, 0.2) is 0 Å². The predicted octanol–water partition coefficient (Wildman–Crippen LogP) is 1.55. The van der Waals surface area contributed by atoms with Crippen LogP contribution in [0.2, 0.25) is 0 Å². The van der Waals surface area contributed by atoms with Crippen LogP contribution >= 0.6 is 0 Å². The van der Waals surface area contributed by atoms with E-state index in [9.17, 15) is 0 Å². The van der Waals surface area contributed by atoms with E-state index >= 15 is 0 Å². The van der Waals surface area contributed by atoms with Crippen molar-refractivity contribution in [3.8, 4) is 5.75 Å². The Morgan fingerprint density at radius 2 is 2.00 bits per heavy atom. The molecule has 82 valence electrons. The molecule has 15 heavy (non-hydrogen) atoms. The number of hydrogen-bond donors (Lipinski definition) is 1. The van der Waals surface area contributed by atoms with Gasteiger partial charge in [0, 0.05) is 6.54 Å². The van der Waals surface area contributed by atoms with Crippen LogP contribution < -0.4 is 10.5 Å². The lowest BCUT2D eigenvalue weighted by Gasteiger charge is -2.03. The number of hydrogen-bond acceptors (Lipinski definition) is 4. The average Bonchev–Trinajstić information content (AvgIpc) is 2.29. The van der Waals surface area contributed by atoms with Crippen LogP contribution in [0.3, 0.4) is 0 Å². The second-order valence-corrected chi connectivity index (χ2v) is 3.15. The van der Waals surface area contributed by atoms with Gasteiger partial charge >= 0.3 is 0 Å². The lowest BCUT2D eigenvalue weighted by atomic mass is 10.2. The van der Waals surface area contributed by atoms with Crippen molar-refractivity contribution in [1.82, 2.24) is 0 Å². The van der Waals surface area contributed by atoms with Crippen LogP contribution in [-0.2, 0) is 11.4 Å². The molecule has 0 saturated carbocycles. The number of benzene rings is 1. The van der Waals surface area contributed by atoms with E-state index in [1.807, 2.05) is 31.2 Å². The van der Waals surface area contributed by atoms with Crippen molar-refractivity contribution in [2.75, 3.05) is 13.7 Å². The first-order valence-corrected chi connectivity index (χ1v) is 4.74. The number of oxime groups is 1. The van der Waals surface area contributed by atoms with Crippen LogP contribution in [0, 0.1) is 0 Å². The van der Waals surface area contributed by atoms with Gasteiger partial charge in [0.1, 0.15) is 12.4 Å². The highest BCUT2D eigenvalue weighted by Gasteiger charge is 1.94. The van der Waals surface area contributed by atoms with Crippen LogP contribution in [0.1, 0.15) is 12.5 Å². The van der Waals surface area contributed by atoms with E-state index in [0.717, 1.165) is 17.0 Å². The van der Waals surface area contributed by atoms with Gasteiger partial charge in [0.25, 0.3) is 0 Å². The molecular weight excluding hydrogens is 192 g/mol. The minimum atomic E-state index is 0.419. The highest BCUT2D eigenvalue weighted by Crippen LogP contribution is 2.11. The fraction of sp³-hybridized carbons (Fsp3) is 0.364. The number of methoxy groups -OCH3 is 1. The van der Waals surface area contributed by atoms with Crippen molar-refractivity contribution < 1.29 is 9.57 Å².